The van der Waals surface area contributed by atoms with Crippen LogP contribution in [0.1, 0.15) is 83.1 Å². The molecule has 2 aromatic heterocycles. The predicted molar refractivity (Wildman–Crippen MR) is 169 cm³/mol. The molecule has 1 aromatic carbocycles. The summed E-state index contributed by atoms with van der Waals surface area (Å²) >= 11 is 3.88. The smallest absolute Gasteiger partial charge is 0.410 e. The second-order valence-electron chi connectivity index (χ2n) is 13.4. The second kappa shape index (κ2) is 11.6. The Morgan fingerprint density at radius 1 is 1.00 bits per heavy atom. The van der Waals surface area contributed by atoms with Gasteiger partial charge in [0, 0.05) is 31.8 Å². The molecule has 1 aliphatic carbocycles. The molecule has 4 fully saturated rings. The number of pyridine rings is 1. The van der Waals surface area contributed by atoms with Crippen molar-refractivity contribution in [3.8, 4) is 11.8 Å². The molecule has 10 nitrogen and oxygen atoms in total. The number of aromatic nitrogens is 3. The summed E-state index contributed by atoms with van der Waals surface area (Å²) in [4.78, 5) is 32.4. The molecule has 2 bridgehead atoms. The summed E-state index contributed by atoms with van der Waals surface area (Å²) < 4.78 is 25.3. The van der Waals surface area contributed by atoms with Gasteiger partial charge in [0.1, 0.15) is 28.8 Å². The third kappa shape index (κ3) is 5.92. The Morgan fingerprint density at radius 3 is 2.41 bits per heavy atom. The minimum Gasteiger partial charge on any atom is -0.482 e. The number of benzene rings is 1. The van der Waals surface area contributed by atoms with Crippen molar-refractivity contribution >= 4 is 38.9 Å². The minimum atomic E-state index is -0.540. The summed E-state index contributed by atoms with van der Waals surface area (Å²) in [7, 11) is 0. The number of carbonyl (C=O) groups is 1. The molecule has 3 atom stereocenters. The first kappa shape index (κ1) is 29.5. The van der Waals surface area contributed by atoms with Crippen LogP contribution in [0.25, 0.3) is 11.0 Å². The van der Waals surface area contributed by atoms with Gasteiger partial charge < -0.3 is 28.7 Å². The zero-order valence-corrected chi connectivity index (χ0v) is 27.4. The van der Waals surface area contributed by atoms with E-state index in [1.807, 2.05) is 43.9 Å². The topological polar surface area (TPSA) is 99.1 Å². The highest BCUT2D eigenvalue weighted by molar-refractivity contribution is 9.10. The first-order valence-electron chi connectivity index (χ1n) is 15.8. The lowest BCUT2D eigenvalue weighted by atomic mass is 10.1. The lowest BCUT2D eigenvalue weighted by Crippen LogP contribution is -2.50. The van der Waals surface area contributed by atoms with Gasteiger partial charge in [0.15, 0.2) is 11.6 Å². The van der Waals surface area contributed by atoms with Crippen molar-refractivity contribution in [2.75, 3.05) is 31.2 Å². The van der Waals surface area contributed by atoms with E-state index in [0.29, 0.717) is 55.0 Å². The van der Waals surface area contributed by atoms with E-state index in [1.165, 1.54) is 0 Å². The average Bonchev–Trinajstić information content (AvgIpc) is 3.64. The Kier molecular flexibility index (Phi) is 7.81. The van der Waals surface area contributed by atoms with Crippen LogP contribution in [-0.4, -0.2) is 76.0 Å². The summed E-state index contributed by atoms with van der Waals surface area (Å²) in [5, 5.41) is 0. The summed E-state index contributed by atoms with van der Waals surface area (Å²) in [5.41, 5.74) is 2.85. The predicted octanol–water partition coefficient (Wildman–Crippen LogP) is 6.56. The molecule has 5 heterocycles. The molecule has 7 rings (SSSR count). The number of anilines is 1. The van der Waals surface area contributed by atoms with Gasteiger partial charge >= 0.3 is 12.1 Å². The summed E-state index contributed by atoms with van der Waals surface area (Å²) in [6.45, 7) is 10.3. The van der Waals surface area contributed by atoms with E-state index in [9.17, 15) is 4.79 Å². The molecule has 0 spiro atoms. The van der Waals surface area contributed by atoms with E-state index in [-0.39, 0.29) is 30.4 Å². The molecule has 3 aliphatic heterocycles. The number of carbonyl (C=O) groups excluding carboxylic acids is 1. The zero-order chi connectivity index (χ0) is 30.6. The van der Waals surface area contributed by atoms with Crippen LogP contribution in [0.15, 0.2) is 34.8 Å². The maximum absolute atomic E-state index is 13.0. The van der Waals surface area contributed by atoms with Gasteiger partial charge in [-0.2, -0.15) is 9.97 Å². The highest BCUT2D eigenvalue weighted by Crippen LogP contribution is 2.49. The van der Waals surface area contributed by atoms with Crippen molar-refractivity contribution < 1.29 is 23.7 Å². The van der Waals surface area contributed by atoms with Crippen LogP contribution < -0.4 is 14.4 Å². The van der Waals surface area contributed by atoms with Crippen molar-refractivity contribution in [1.82, 2.24) is 19.9 Å². The first-order chi connectivity index (χ1) is 21.1. The van der Waals surface area contributed by atoms with Crippen LogP contribution >= 0.6 is 15.9 Å². The number of amides is 1. The Hall–Kier alpha value is -3.18. The molecule has 0 unspecified atom stereocenters. The van der Waals surface area contributed by atoms with Crippen LogP contribution in [0.2, 0.25) is 0 Å². The van der Waals surface area contributed by atoms with Gasteiger partial charge in [-0.1, -0.05) is 30.3 Å². The monoisotopic (exact) mass is 665 g/mol. The van der Waals surface area contributed by atoms with E-state index in [1.54, 1.807) is 0 Å². The number of ether oxygens (including phenoxy) is 4. The Morgan fingerprint density at radius 2 is 1.75 bits per heavy atom. The van der Waals surface area contributed by atoms with Crippen molar-refractivity contribution in [2.24, 2.45) is 0 Å². The second-order valence-corrected chi connectivity index (χ2v) is 14.2. The van der Waals surface area contributed by atoms with E-state index >= 15 is 0 Å². The number of fused-ring (bicyclic) bond motifs is 3. The van der Waals surface area contributed by atoms with Crippen molar-refractivity contribution in [3.63, 3.8) is 0 Å². The van der Waals surface area contributed by atoms with Gasteiger partial charge in [-0.25, -0.2) is 9.78 Å². The number of rotatable bonds is 7. The van der Waals surface area contributed by atoms with Crippen molar-refractivity contribution in [2.45, 2.75) is 95.6 Å². The van der Waals surface area contributed by atoms with E-state index in [0.717, 1.165) is 53.7 Å². The first-order valence-corrected chi connectivity index (χ1v) is 16.6. The van der Waals surface area contributed by atoms with Crippen molar-refractivity contribution in [3.05, 3.63) is 46.1 Å². The molecule has 3 saturated heterocycles. The Balaban J connectivity index is 1.29. The van der Waals surface area contributed by atoms with Gasteiger partial charge in [-0.15, -0.1) is 0 Å². The molecule has 4 aliphatic rings. The van der Waals surface area contributed by atoms with Crippen LogP contribution in [0.4, 0.5) is 10.6 Å². The quantitative estimate of drug-likeness (QED) is 0.278. The molecular formula is C33H40BrN5O5. The third-order valence-electron chi connectivity index (χ3n) is 8.83. The average molecular weight is 667 g/mol. The summed E-state index contributed by atoms with van der Waals surface area (Å²) in [5.74, 6) is 1.76. The van der Waals surface area contributed by atoms with Gasteiger partial charge in [0.25, 0.3) is 0 Å². The molecule has 234 valence electrons. The largest absolute Gasteiger partial charge is 0.482 e. The van der Waals surface area contributed by atoms with Crippen LogP contribution in [0.3, 0.4) is 0 Å². The molecular weight excluding hydrogens is 626 g/mol. The fourth-order valence-electron chi connectivity index (χ4n) is 6.44. The van der Waals surface area contributed by atoms with E-state index in [2.05, 4.69) is 39.9 Å². The van der Waals surface area contributed by atoms with E-state index in [4.69, 9.17) is 33.9 Å². The standard InChI is InChI=1S/C33H40BrN5O5/c1-19(20-8-6-5-7-9-20)42-29-25(34)26(21-10-11-21)35-28-27(29)36-31(43-24-12-14-41-15-13-24)37-30(28)38-17-23-16-22(38)18-39(23)32(40)44-33(2,3)4/h5-9,19,21-24H,10-18H2,1-4H3/t19-,22-,23-/m0/s1. The van der Waals surface area contributed by atoms with Gasteiger partial charge in [0.05, 0.1) is 35.5 Å². The maximum Gasteiger partial charge on any atom is 0.410 e. The number of piperazine rings is 1. The number of hydrogen-bond donors (Lipinski definition) is 0. The molecule has 3 aromatic rings. The van der Waals surface area contributed by atoms with Crippen LogP contribution in [0.5, 0.6) is 11.8 Å². The number of halogens is 1. The van der Waals surface area contributed by atoms with Gasteiger partial charge in [-0.05, 0) is 68.5 Å². The number of likely N-dealkylation sites (tertiary alicyclic amines) is 1. The minimum absolute atomic E-state index is 0.0264. The van der Waals surface area contributed by atoms with E-state index < -0.39 is 5.60 Å². The van der Waals surface area contributed by atoms with Gasteiger partial charge in [-0.3, -0.25) is 0 Å². The normalized spacial score (nSPS) is 22.8. The number of hydrogen-bond acceptors (Lipinski definition) is 9. The molecule has 1 amide bonds. The highest BCUT2D eigenvalue weighted by atomic mass is 79.9. The SMILES string of the molecule is C[C@H](Oc1c(Br)c(C2CC2)nc2c(N3C[C@@H]4C[C@H]3CN4C(=O)OC(C)(C)C)nc(OC3CCOCC3)nc12)c1ccccc1. The molecule has 0 N–H and O–H groups in total. The lowest BCUT2D eigenvalue weighted by molar-refractivity contribution is 0.0206. The summed E-state index contributed by atoms with van der Waals surface area (Å²) in [6.07, 6.45) is 4.09. The Labute approximate surface area is 266 Å². The summed E-state index contributed by atoms with van der Waals surface area (Å²) in [6, 6.07) is 10.6. The lowest BCUT2D eigenvalue weighted by Gasteiger charge is -2.36. The third-order valence-corrected chi connectivity index (χ3v) is 9.59. The fraction of sp³-hybridized carbons (Fsp3) is 0.576. The highest BCUT2D eigenvalue weighted by Gasteiger charge is 2.48. The number of nitrogens with zero attached hydrogens (tertiary/aromatic N) is 5. The zero-order valence-electron chi connectivity index (χ0n) is 25.8. The molecule has 0 radical (unpaired) electrons. The van der Waals surface area contributed by atoms with Crippen molar-refractivity contribution in [1.29, 1.82) is 0 Å². The molecule has 11 heteroatoms. The van der Waals surface area contributed by atoms with Crippen LogP contribution in [0, 0.1) is 0 Å². The van der Waals surface area contributed by atoms with Gasteiger partial charge in [0.2, 0.25) is 0 Å². The Bertz CT molecular complexity index is 1540. The fourth-order valence-corrected chi connectivity index (χ4v) is 7.14. The maximum atomic E-state index is 13.0. The molecule has 1 saturated carbocycles. The molecule has 44 heavy (non-hydrogen) atoms. The van der Waals surface area contributed by atoms with Crippen LogP contribution in [-0.2, 0) is 9.47 Å².